The first-order valence-corrected chi connectivity index (χ1v) is 11.8. The van der Waals surface area contributed by atoms with Crippen molar-refractivity contribution in [3.05, 3.63) is 33.4 Å². The Morgan fingerprint density at radius 2 is 1.96 bits per heavy atom. The fraction of sp³-hybridized carbons (Fsp3) is 0.412. The minimum Gasteiger partial charge on any atom is -0.305 e. The summed E-state index contributed by atoms with van der Waals surface area (Å²) in [5.41, 5.74) is 0.999. The SMILES string of the molecule is CS(=O)(=O)c1ccc(-c2nc3scc(C4CCCCC4)c3c(=O)[nH]2)s1. The van der Waals surface area contributed by atoms with E-state index in [4.69, 9.17) is 0 Å². The predicted molar refractivity (Wildman–Crippen MR) is 102 cm³/mol. The highest BCUT2D eigenvalue weighted by Gasteiger charge is 2.22. The molecule has 0 aromatic carbocycles. The summed E-state index contributed by atoms with van der Waals surface area (Å²) < 4.78 is 23.6. The maximum atomic E-state index is 12.7. The zero-order valence-electron chi connectivity index (χ0n) is 13.7. The van der Waals surface area contributed by atoms with Crippen LogP contribution in [0.3, 0.4) is 0 Å². The number of fused-ring (bicyclic) bond motifs is 1. The zero-order valence-corrected chi connectivity index (χ0v) is 16.2. The summed E-state index contributed by atoms with van der Waals surface area (Å²) in [7, 11) is -3.25. The van der Waals surface area contributed by atoms with Crippen molar-refractivity contribution < 1.29 is 8.42 Å². The molecule has 0 saturated heterocycles. The van der Waals surface area contributed by atoms with Gasteiger partial charge in [-0.1, -0.05) is 19.3 Å². The second kappa shape index (κ2) is 6.34. The Balaban J connectivity index is 1.78. The average Bonchev–Trinajstić information content (AvgIpc) is 3.22. The molecule has 3 aromatic rings. The van der Waals surface area contributed by atoms with Crippen molar-refractivity contribution in [3.8, 4) is 10.7 Å². The van der Waals surface area contributed by atoms with Crippen LogP contribution in [0.1, 0.15) is 43.6 Å². The Kier molecular flexibility index (Phi) is 4.29. The molecule has 1 aliphatic carbocycles. The van der Waals surface area contributed by atoms with Crippen molar-refractivity contribution in [2.45, 2.75) is 42.2 Å². The van der Waals surface area contributed by atoms with Crippen molar-refractivity contribution in [2.75, 3.05) is 6.26 Å². The zero-order chi connectivity index (χ0) is 17.6. The van der Waals surface area contributed by atoms with Gasteiger partial charge in [0.25, 0.3) is 5.56 Å². The highest BCUT2D eigenvalue weighted by atomic mass is 32.2. The van der Waals surface area contributed by atoms with Crippen LogP contribution < -0.4 is 5.56 Å². The fourth-order valence-electron chi connectivity index (χ4n) is 3.45. The molecule has 3 heterocycles. The third kappa shape index (κ3) is 3.18. The molecule has 1 N–H and O–H groups in total. The predicted octanol–water partition coefficient (Wildman–Crippen LogP) is 4.16. The molecule has 4 rings (SSSR count). The summed E-state index contributed by atoms with van der Waals surface area (Å²) in [6.07, 6.45) is 7.16. The van der Waals surface area contributed by atoms with Gasteiger partial charge in [0.05, 0.1) is 10.3 Å². The minimum absolute atomic E-state index is 0.129. The molecule has 3 aromatic heterocycles. The maximum Gasteiger partial charge on any atom is 0.260 e. The molecule has 0 radical (unpaired) electrons. The van der Waals surface area contributed by atoms with Crippen molar-refractivity contribution in [2.24, 2.45) is 0 Å². The van der Waals surface area contributed by atoms with Crippen molar-refractivity contribution in [1.29, 1.82) is 0 Å². The third-order valence-corrected chi connectivity index (χ3v) is 8.50. The van der Waals surface area contributed by atoms with E-state index in [2.05, 4.69) is 15.3 Å². The van der Waals surface area contributed by atoms with Gasteiger partial charge in [-0.25, -0.2) is 13.4 Å². The molecule has 0 aliphatic heterocycles. The van der Waals surface area contributed by atoms with E-state index in [0.29, 0.717) is 22.0 Å². The number of hydrogen-bond acceptors (Lipinski definition) is 6. The number of thiophene rings is 2. The van der Waals surface area contributed by atoms with E-state index in [-0.39, 0.29) is 9.77 Å². The van der Waals surface area contributed by atoms with E-state index in [9.17, 15) is 13.2 Å². The third-order valence-electron chi connectivity index (χ3n) is 4.70. The van der Waals surface area contributed by atoms with Crippen LogP contribution in [0.4, 0.5) is 0 Å². The van der Waals surface area contributed by atoms with Crippen LogP contribution in [0.2, 0.25) is 0 Å². The molecule has 1 aliphatic rings. The van der Waals surface area contributed by atoms with Gasteiger partial charge in [-0.15, -0.1) is 22.7 Å². The highest BCUT2D eigenvalue weighted by molar-refractivity contribution is 7.92. The van der Waals surface area contributed by atoms with E-state index < -0.39 is 9.84 Å². The highest BCUT2D eigenvalue weighted by Crippen LogP contribution is 2.38. The number of aromatic nitrogens is 2. The van der Waals surface area contributed by atoms with Gasteiger partial charge in [0, 0.05) is 6.26 Å². The fourth-order valence-corrected chi connectivity index (χ4v) is 6.34. The lowest BCUT2D eigenvalue weighted by molar-refractivity contribution is 0.446. The van der Waals surface area contributed by atoms with Gasteiger partial charge in [0.15, 0.2) is 15.7 Å². The summed E-state index contributed by atoms with van der Waals surface area (Å²) in [5.74, 6) is 0.893. The van der Waals surface area contributed by atoms with Gasteiger partial charge in [0.1, 0.15) is 9.04 Å². The smallest absolute Gasteiger partial charge is 0.260 e. The number of nitrogens with one attached hydrogen (secondary N) is 1. The van der Waals surface area contributed by atoms with E-state index in [1.54, 1.807) is 12.1 Å². The van der Waals surface area contributed by atoms with Crippen molar-refractivity contribution in [1.82, 2.24) is 9.97 Å². The lowest BCUT2D eigenvalue weighted by Crippen LogP contribution is -2.12. The Labute approximate surface area is 153 Å². The molecular formula is C17H18N2O3S3. The van der Waals surface area contributed by atoms with Gasteiger partial charge in [-0.05, 0) is 41.8 Å². The normalized spacial score (nSPS) is 16.5. The van der Waals surface area contributed by atoms with E-state index in [0.717, 1.165) is 34.6 Å². The van der Waals surface area contributed by atoms with Crippen molar-refractivity contribution >= 4 is 42.7 Å². The number of aromatic amines is 1. The Morgan fingerprint density at radius 1 is 1.20 bits per heavy atom. The Hall–Kier alpha value is -1.51. The second-order valence-electron chi connectivity index (χ2n) is 6.51. The minimum atomic E-state index is -3.25. The van der Waals surface area contributed by atoms with Gasteiger partial charge in [-0.3, -0.25) is 4.79 Å². The molecule has 0 atom stereocenters. The van der Waals surface area contributed by atoms with Gasteiger partial charge in [0.2, 0.25) is 0 Å². The summed E-state index contributed by atoms with van der Waals surface area (Å²) in [6, 6.07) is 3.25. The molecule has 0 unspecified atom stereocenters. The number of H-pyrrole nitrogens is 1. The molecule has 0 spiro atoms. The first kappa shape index (κ1) is 16.9. The quantitative estimate of drug-likeness (QED) is 0.723. The lowest BCUT2D eigenvalue weighted by atomic mass is 9.84. The maximum absolute atomic E-state index is 12.7. The van der Waals surface area contributed by atoms with Crippen LogP contribution in [-0.2, 0) is 9.84 Å². The van der Waals surface area contributed by atoms with Crippen molar-refractivity contribution in [3.63, 3.8) is 0 Å². The number of sulfone groups is 1. The monoisotopic (exact) mass is 394 g/mol. The van der Waals surface area contributed by atoms with Crippen LogP contribution in [-0.4, -0.2) is 24.6 Å². The first-order chi connectivity index (χ1) is 11.9. The van der Waals surface area contributed by atoms with Crippen LogP contribution in [0.15, 0.2) is 26.5 Å². The largest absolute Gasteiger partial charge is 0.305 e. The molecule has 1 fully saturated rings. The Morgan fingerprint density at radius 3 is 2.64 bits per heavy atom. The lowest BCUT2D eigenvalue weighted by Gasteiger charge is -2.20. The van der Waals surface area contributed by atoms with Crippen LogP contribution in [0.5, 0.6) is 0 Å². The summed E-state index contributed by atoms with van der Waals surface area (Å²) in [4.78, 5) is 21.5. The van der Waals surface area contributed by atoms with E-state index in [1.807, 2.05) is 0 Å². The second-order valence-corrected chi connectivity index (χ2v) is 10.7. The molecule has 132 valence electrons. The summed E-state index contributed by atoms with van der Waals surface area (Å²) >= 11 is 2.63. The number of hydrogen-bond donors (Lipinski definition) is 1. The molecule has 25 heavy (non-hydrogen) atoms. The number of rotatable bonds is 3. The summed E-state index contributed by atoms with van der Waals surface area (Å²) in [5, 5.41) is 2.78. The molecule has 0 amide bonds. The Bertz CT molecular complexity index is 1090. The molecular weight excluding hydrogens is 376 g/mol. The van der Waals surface area contributed by atoms with Crippen LogP contribution in [0, 0.1) is 0 Å². The topological polar surface area (TPSA) is 79.9 Å². The van der Waals surface area contributed by atoms with E-state index in [1.165, 1.54) is 36.9 Å². The number of nitrogens with zero attached hydrogens (tertiary/aromatic N) is 1. The molecule has 1 saturated carbocycles. The molecule has 5 nitrogen and oxygen atoms in total. The van der Waals surface area contributed by atoms with Gasteiger partial charge in [-0.2, -0.15) is 0 Å². The standard InChI is InChI=1S/C17H18N2O3S3/c1-25(21,22)13-8-7-12(24-13)15-18-16(20)14-11(9-23-17(14)19-15)10-5-3-2-4-6-10/h7-10H,2-6H2,1H3,(H,18,19,20). The average molecular weight is 395 g/mol. The van der Waals surface area contributed by atoms with Crippen LogP contribution in [0.25, 0.3) is 20.9 Å². The first-order valence-electron chi connectivity index (χ1n) is 8.25. The molecule has 8 heteroatoms. The van der Waals surface area contributed by atoms with E-state index >= 15 is 0 Å². The summed E-state index contributed by atoms with van der Waals surface area (Å²) in [6.45, 7) is 0. The van der Waals surface area contributed by atoms with Crippen LogP contribution >= 0.6 is 22.7 Å². The van der Waals surface area contributed by atoms with Gasteiger partial charge < -0.3 is 4.98 Å². The molecule has 0 bridgehead atoms. The van der Waals surface area contributed by atoms with Gasteiger partial charge >= 0.3 is 0 Å².